The van der Waals surface area contributed by atoms with E-state index >= 15 is 0 Å². The number of aliphatic hydroxyl groups excluding tert-OH is 1. The largest absolute Gasteiger partial charge is 0.390 e. The van der Waals surface area contributed by atoms with Gasteiger partial charge in [0.2, 0.25) is 0 Å². The van der Waals surface area contributed by atoms with Gasteiger partial charge in [-0.15, -0.1) is 11.3 Å². The van der Waals surface area contributed by atoms with Crippen LogP contribution in [0, 0.1) is 0 Å². The molecule has 1 N–H and O–H groups in total. The Morgan fingerprint density at radius 1 is 1.33 bits per heavy atom. The zero-order valence-corrected chi connectivity index (χ0v) is 12.8. The summed E-state index contributed by atoms with van der Waals surface area (Å²) in [6.45, 7) is 5.80. The summed E-state index contributed by atoms with van der Waals surface area (Å²) in [6.07, 6.45) is 3.15. The Balaban J connectivity index is 1.54. The number of fused-ring (bicyclic) bond motifs is 1. The third-order valence-corrected chi connectivity index (χ3v) is 5.27. The third-order valence-electron chi connectivity index (χ3n) is 4.51. The lowest BCUT2D eigenvalue weighted by Gasteiger charge is -2.32. The summed E-state index contributed by atoms with van der Waals surface area (Å²) in [6, 6.07) is 0.583. The van der Waals surface area contributed by atoms with E-state index in [1.807, 2.05) is 16.0 Å². The predicted molar refractivity (Wildman–Crippen MR) is 82.0 cm³/mol. The zero-order chi connectivity index (χ0) is 14.2. The van der Waals surface area contributed by atoms with Crippen molar-refractivity contribution in [2.24, 2.45) is 0 Å². The van der Waals surface area contributed by atoms with E-state index in [9.17, 15) is 5.11 Å². The molecule has 1 unspecified atom stereocenters. The van der Waals surface area contributed by atoms with E-state index in [-0.39, 0.29) is 6.61 Å². The number of ether oxygens (including phenoxy) is 1. The first-order valence-corrected chi connectivity index (χ1v) is 8.37. The molecule has 114 valence electrons. The molecule has 0 aromatic carbocycles. The van der Waals surface area contributed by atoms with Crippen LogP contribution in [-0.4, -0.2) is 64.8 Å². The summed E-state index contributed by atoms with van der Waals surface area (Å²) in [5.41, 5.74) is 0.911. The summed E-state index contributed by atoms with van der Waals surface area (Å²) in [4.78, 5) is 10.5. The quantitative estimate of drug-likeness (QED) is 0.909. The smallest absolute Gasteiger partial charge is 0.195 e. The number of morpholine rings is 1. The molecule has 0 amide bonds. The van der Waals surface area contributed by atoms with Crippen LogP contribution in [0.3, 0.4) is 0 Å². The van der Waals surface area contributed by atoms with Gasteiger partial charge in [-0.05, 0) is 6.42 Å². The molecule has 1 atom stereocenters. The summed E-state index contributed by atoms with van der Waals surface area (Å²) >= 11 is 1.61. The lowest BCUT2D eigenvalue weighted by molar-refractivity contribution is 0.0209. The van der Waals surface area contributed by atoms with Crippen molar-refractivity contribution in [1.29, 1.82) is 0 Å². The summed E-state index contributed by atoms with van der Waals surface area (Å²) < 4.78 is 7.44. The van der Waals surface area contributed by atoms with E-state index in [1.54, 1.807) is 11.3 Å². The maximum atomic E-state index is 9.69. The molecular weight excluding hydrogens is 288 g/mol. The van der Waals surface area contributed by atoms with Crippen LogP contribution in [0.15, 0.2) is 11.6 Å². The molecule has 2 aromatic heterocycles. The second kappa shape index (κ2) is 5.57. The van der Waals surface area contributed by atoms with Gasteiger partial charge >= 0.3 is 0 Å². The summed E-state index contributed by atoms with van der Waals surface area (Å²) in [5.74, 6) is 0.958. The van der Waals surface area contributed by atoms with Crippen molar-refractivity contribution in [2.75, 3.05) is 44.3 Å². The zero-order valence-electron chi connectivity index (χ0n) is 11.9. The number of hydrogen-bond acceptors (Lipinski definition) is 6. The van der Waals surface area contributed by atoms with Crippen molar-refractivity contribution in [3.63, 3.8) is 0 Å². The van der Waals surface area contributed by atoms with Gasteiger partial charge in [0.15, 0.2) is 10.8 Å². The van der Waals surface area contributed by atoms with E-state index < -0.39 is 0 Å². The fourth-order valence-electron chi connectivity index (χ4n) is 3.40. The summed E-state index contributed by atoms with van der Waals surface area (Å²) in [5, 5.41) is 11.7. The average Bonchev–Trinajstić information content (AvgIpc) is 3.22. The first-order chi connectivity index (χ1) is 10.4. The van der Waals surface area contributed by atoms with Gasteiger partial charge < -0.3 is 14.7 Å². The molecule has 21 heavy (non-hydrogen) atoms. The van der Waals surface area contributed by atoms with Gasteiger partial charge in [0.25, 0.3) is 0 Å². The van der Waals surface area contributed by atoms with Crippen LogP contribution >= 0.6 is 11.3 Å². The number of thiazole rings is 1. The Morgan fingerprint density at radius 3 is 3.00 bits per heavy atom. The molecule has 2 aliphatic heterocycles. The summed E-state index contributed by atoms with van der Waals surface area (Å²) in [7, 11) is 0. The van der Waals surface area contributed by atoms with Crippen molar-refractivity contribution in [3.05, 3.63) is 17.3 Å². The normalized spacial score (nSPS) is 24.2. The van der Waals surface area contributed by atoms with Crippen LogP contribution in [0.5, 0.6) is 0 Å². The molecular formula is C14H20N4O2S. The van der Waals surface area contributed by atoms with Gasteiger partial charge in [0.05, 0.1) is 25.5 Å². The van der Waals surface area contributed by atoms with Crippen molar-refractivity contribution >= 4 is 22.1 Å². The molecule has 2 fully saturated rings. The van der Waals surface area contributed by atoms with Crippen molar-refractivity contribution in [2.45, 2.75) is 19.1 Å². The Labute approximate surface area is 127 Å². The van der Waals surface area contributed by atoms with Gasteiger partial charge in [0, 0.05) is 43.8 Å². The van der Waals surface area contributed by atoms with E-state index in [0.717, 1.165) is 62.3 Å². The fraction of sp³-hybridized carbons (Fsp3) is 0.643. The van der Waals surface area contributed by atoms with Gasteiger partial charge in [-0.1, -0.05) is 0 Å². The number of anilines is 1. The molecule has 7 heteroatoms. The Kier molecular flexibility index (Phi) is 3.58. The van der Waals surface area contributed by atoms with Gasteiger partial charge in [-0.25, -0.2) is 4.98 Å². The average molecular weight is 308 g/mol. The van der Waals surface area contributed by atoms with Crippen LogP contribution in [0.1, 0.15) is 12.1 Å². The second-order valence-corrected chi connectivity index (χ2v) is 6.51. The molecule has 6 nitrogen and oxygen atoms in total. The molecule has 2 aromatic rings. The number of nitrogens with zero attached hydrogens (tertiary/aromatic N) is 4. The number of hydrogen-bond donors (Lipinski definition) is 1. The highest BCUT2D eigenvalue weighted by Gasteiger charge is 2.31. The Morgan fingerprint density at radius 2 is 2.19 bits per heavy atom. The maximum Gasteiger partial charge on any atom is 0.195 e. The van der Waals surface area contributed by atoms with Crippen LogP contribution in [0.2, 0.25) is 0 Å². The molecule has 4 heterocycles. The molecule has 0 radical (unpaired) electrons. The molecule has 4 rings (SSSR count). The van der Waals surface area contributed by atoms with Crippen molar-refractivity contribution in [3.8, 4) is 0 Å². The van der Waals surface area contributed by atoms with Gasteiger partial charge in [-0.2, -0.15) is 0 Å². The first-order valence-electron chi connectivity index (χ1n) is 7.49. The highest BCUT2D eigenvalue weighted by molar-refractivity contribution is 7.15. The minimum atomic E-state index is 0.0337. The lowest BCUT2D eigenvalue weighted by Crippen LogP contribution is -2.44. The molecule has 0 spiro atoms. The Bertz CT molecular complexity index is 620. The molecule has 0 aliphatic carbocycles. The Hall–Kier alpha value is -1.15. The van der Waals surface area contributed by atoms with Crippen molar-refractivity contribution in [1.82, 2.24) is 14.3 Å². The van der Waals surface area contributed by atoms with E-state index in [1.165, 1.54) is 0 Å². The fourth-order valence-corrected chi connectivity index (χ4v) is 4.12. The standard InChI is InChI=1S/C14H20N4O2S/c19-10-12-13(15-14-18(12)5-8-21-14)17-2-1-11(9-17)16-3-6-20-7-4-16/h5,8,11,19H,1-4,6-7,9-10H2. The second-order valence-electron chi connectivity index (χ2n) is 5.63. The highest BCUT2D eigenvalue weighted by atomic mass is 32.1. The molecule has 0 bridgehead atoms. The first kappa shape index (κ1) is 13.5. The van der Waals surface area contributed by atoms with Crippen LogP contribution < -0.4 is 4.90 Å². The van der Waals surface area contributed by atoms with Crippen LogP contribution in [-0.2, 0) is 11.3 Å². The predicted octanol–water partition coefficient (Wildman–Crippen LogP) is 0.799. The minimum absolute atomic E-state index is 0.0337. The molecule has 0 saturated carbocycles. The maximum absolute atomic E-state index is 9.69. The third kappa shape index (κ3) is 2.34. The SMILES string of the molecule is OCc1c(N2CCC(N3CCOCC3)C2)nc2sccn12. The van der Waals surface area contributed by atoms with Gasteiger partial charge in [-0.3, -0.25) is 9.30 Å². The van der Waals surface area contributed by atoms with Crippen LogP contribution in [0.25, 0.3) is 4.96 Å². The van der Waals surface area contributed by atoms with E-state index in [0.29, 0.717) is 6.04 Å². The van der Waals surface area contributed by atoms with Crippen LogP contribution in [0.4, 0.5) is 5.82 Å². The monoisotopic (exact) mass is 308 g/mol. The molecule has 2 saturated heterocycles. The number of aliphatic hydroxyl groups is 1. The van der Waals surface area contributed by atoms with Gasteiger partial charge in [0.1, 0.15) is 0 Å². The minimum Gasteiger partial charge on any atom is -0.390 e. The van der Waals surface area contributed by atoms with Crippen molar-refractivity contribution < 1.29 is 9.84 Å². The van der Waals surface area contributed by atoms with E-state index in [4.69, 9.17) is 9.72 Å². The lowest BCUT2D eigenvalue weighted by atomic mass is 10.2. The van der Waals surface area contributed by atoms with E-state index in [2.05, 4.69) is 9.80 Å². The topological polar surface area (TPSA) is 53.2 Å². The number of imidazole rings is 1. The number of aromatic nitrogens is 2. The highest BCUT2D eigenvalue weighted by Crippen LogP contribution is 2.28. The molecule has 2 aliphatic rings. The number of rotatable bonds is 3.